The second-order valence-corrected chi connectivity index (χ2v) is 10.7. The van der Waals surface area contributed by atoms with Gasteiger partial charge in [-0.2, -0.15) is 11.8 Å². The van der Waals surface area contributed by atoms with Gasteiger partial charge in [-0.25, -0.2) is 8.42 Å². The molecule has 1 aliphatic rings. The van der Waals surface area contributed by atoms with Gasteiger partial charge in [-0.05, 0) is 17.6 Å². The number of sulfone groups is 1. The van der Waals surface area contributed by atoms with Gasteiger partial charge in [-0.1, -0.05) is 25.6 Å². The Morgan fingerprint density at radius 2 is 2.10 bits per heavy atom. The van der Waals surface area contributed by atoms with Gasteiger partial charge in [0.15, 0.2) is 15.0 Å². The maximum atomic E-state index is 11.5. The molecule has 0 bridgehead atoms. The summed E-state index contributed by atoms with van der Waals surface area (Å²) in [6.45, 7) is 4.40. The summed E-state index contributed by atoms with van der Waals surface area (Å²) in [6.07, 6.45) is 1.47. The number of hydrogen-bond donors (Lipinski definition) is 0. The third-order valence-corrected chi connectivity index (χ3v) is 7.71. The smallest absolute Gasteiger partial charge is 0.190 e. The molecule has 0 N–H and O–H groups in total. The quantitative estimate of drug-likeness (QED) is 0.554. The van der Waals surface area contributed by atoms with E-state index in [-0.39, 0.29) is 5.92 Å². The van der Waals surface area contributed by atoms with Crippen LogP contribution in [0.5, 0.6) is 0 Å². The predicted molar refractivity (Wildman–Crippen MR) is 89.8 cm³/mol. The van der Waals surface area contributed by atoms with E-state index in [0.29, 0.717) is 23.2 Å². The van der Waals surface area contributed by atoms with Crippen LogP contribution in [0.25, 0.3) is 0 Å². The average Bonchev–Trinajstić information content (AvgIpc) is 2.90. The fourth-order valence-electron chi connectivity index (χ4n) is 2.36. The first-order chi connectivity index (χ1) is 9.87. The van der Waals surface area contributed by atoms with E-state index >= 15 is 0 Å². The Kier molecular flexibility index (Phi) is 6.02. The lowest BCUT2D eigenvalue weighted by Gasteiger charge is -2.08. The number of thioether (sulfide) groups is 2. The molecular formula is C13H23N3O2S3. The number of rotatable bonds is 7. The standard InChI is InChI=1S/C13H23N3O2S3/c1-10(2)19-5-6-20-13-15-14-12(16(13)3)8-11-4-7-21(17,18)9-11/h10-11H,4-9H2,1-3H3/t11-/m0/s1. The van der Waals surface area contributed by atoms with Crippen LogP contribution in [0.4, 0.5) is 0 Å². The molecule has 8 heteroatoms. The largest absolute Gasteiger partial charge is 0.309 e. The second kappa shape index (κ2) is 7.37. The summed E-state index contributed by atoms with van der Waals surface area (Å²) in [6, 6.07) is 0. The van der Waals surface area contributed by atoms with Crippen molar-refractivity contribution in [1.29, 1.82) is 0 Å². The first-order valence-electron chi connectivity index (χ1n) is 7.20. The van der Waals surface area contributed by atoms with Crippen molar-refractivity contribution in [2.75, 3.05) is 23.0 Å². The van der Waals surface area contributed by atoms with Gasteiger partial charge in [0.2, 0.25) is 0 Å². The number of hydrogen-bond acceptors (Lipinski definition) is 6. The van der Waals surface area contributed by atoms with Crippen LogP contribution >= 0.6 is 23.5 Å². The molecule has 0 spiro atoms. The van der Waals surface area contributed by atoms with Crippen LogP contribution in [0, 0.1) is 5.92 Å². The van der Waals surface area contributed by atoms with E-state index in [0.717, 1.165) is 28.9 Å². The van der Waals surface area contributed by atoms with E-state index in [1.807, 2.05) is 23.4 Å². The molecule has 0 amide bonds. The van der Waals surface area contributed by atoms with Crippen molar-refractivity contribution in [3.05, 3.63) is 5.82 Å². The highest BCUT2D eigenvalue weighted by molar-refractivity contribution is 8.03. The zero-order chi connectivity index (χ0) is 15.5. The van der Waals surface area contributed by atoms with Crippen LogP contribution in [0.1, 0.15) is 26.1 Å². The van der Waals surface area contributed by atoms with Gasteiger partial charge >= 0.3 is 0 Å². The summed E-state index contributed by atoms with van der Waals surface area (Å²) >= 11 is 3.66. The van der Waals surface area contributed by atoms with Crippen molar-refractivity contribution in [1.82, 2.24) is 14.8 Å². The zero-order valence-electron chi connectivity index (χ0n) is 12.8. The monoisotopic (exact) mass is 349 g/mol. The van der Waals surface area contributed by atoms with E-state index in [2.05, 4.69) is 24.0 Å². The normalized spacial score (nSPS) is 21.2. The molecule has 0 unspecified atom stereocenters. The minimum Gasteiger partial charge on any atom is -0.309 e. The molecular weight excluding hydrogens is 326 g/mol. The molecule has 2 rings (SSSR count). The summed E-state index contributed by atoms with van der Waals surface area (Å²) in [4.78, 5) is 0. The maximum Gasteiger partial charge on any atom is 0.190 e. The maximum absolute atomic E-state index is 11.5. The van der Waals surface area contributed by atoms with E-state index in [9.17, 15) is 8.42 Å². The van der Waals surface area contributed by atoms with E-state index in [1.54, 1.807) is 11.8 Å². The third-order valence-electron chi connectivity index (χ3n) is 3.49. The molecule has 120 valence electrons. The van der Waals surface area contributed by atoms with Gasteiger partial charge in [0, 0.05) is 25.0 Å². The summed E-state index contributed by atoms with van der Waals surface area (Å²) in [5, 5.41) is 10.0. The molecule has 0 saturated carbocycles. The molecule has 0 aliphatic carbocycles. The van der Waals surface area contributed by atoms with Crippen molar-refractivity contribution in [2.24, 2.45) is 13.0 Å². The van der Waals surface area contributed by atoms with Gasteiger partial charge in [0.05, 0.1) is 11.5 Å². The highest BCUT2D eigenvalue weighted by Gasteiger charge is 2.29. The number of nitrogens with zero attached hydrogens (tertiary/aromatic N) is 3. The molecule has 1 atom stereocenters. The molecule has 21 heavy (non-hydrogen) atoms. The lowest BCUT2D eigenvalue weighted by Crippen LogP contribution is -2.11. The molecule has 1 aliphatic heterocycles. The van der Waals surface area contributed by atoms with Crippen molar-refractivity contribution >= 4 is 33.4 Å². The van der Waals surface area contributed by atoms with Crippen molar-refractivity contribution < 1.29 is 8.42 Å². The van der Waals surface area contributed by atoms with Crippen molar-refractivity contribution in [2.45, 2.75) is 37.1 Å². The molecule has 1 fully saturated rings. The highest BCUT2D eigenvalue weighted by Crippen LogP contribution is 2.24. The third kappa shape index (κ3) is 5.17. The van der Waals surface area contributed by atoms with Crippen molar-refractivity contribution in [3.8, 4) is 0 Å². The van der Waals surface area contributed by atoms with Crippen LogP contribution in [0.15, 0.2) is 5.16 Å². The Bertz CT molecular complexity index is 569. The van der Waals surface area contributed by atoms with E-state index in [1.165, 1.54) is 0 Å². The average molecular weight is 350 g/mol. The second-order valence-electron chi connectivity index (χ2n) is 5.70. The minimum absolute atomic E-state index is 0.201. The molecule has 0 radical (unpaired) electrons. The van der Waals surface area contributed by atoms with Crippen LogP contribution in [-0.2, 0) is 23.3 Å². The van der Waals surface area contributed by atoms with Crippen LogP contribution in [0.2, 0.25) is 0 Å². The molecule has 5 nitrogen and oxygen atoms in total. The molecule has 0 aromatic carbocycles. The van der Waals surface area contributed by atoms with E-state index in [4.69, 9.17) is 0 Å². The molecule has 1 aromatic heterocycles. The Balaban J connectivity index is 1.85. The lowest BCUT2D eigenvalue weighted by molar-refractivity contribution is 0.552. The number of aromatic nitrogens is 3. The fourth-order valence-corrected chi connectivity index (χ4v) is 5.99. The fraction of sp³-hybridized carbons (Fsp3) is 0.846. The Hall–Kier alpha value is -0.210. The summed E-state index contributed by atoms with van der Waals surface area (Å²) in [7, 11) is -0.844. The van der Waals surface area contributed by atoms with Gasteiger partial charge < -0.3 is 4.57 Å². The minimum atomic E-state index is -2.81. The topological polar surface area (TPSA) is 64.8 Å². The highest BCUT2D eigenvalue weighted by atomic mass is 32.2. The van der Waals surface area contributed by atoms with Gasteiger partial charge in [-0.15, -0.1) is 10.2 Å². The first kappa shape index (κ1) is 17.1. The molecule has 1 saturated heterocycles. The Labute approximate surface area is 135 Å². The summed E-state index contributed by atoms with van der Waals surface area (Å²) in [5.41, 5.74) is 0. The SMILES string of the molecule is CC(C)SCCSc1nnc(C[C@@H]2CCS(=O)(=O)C2)n1C. The van der Waals surface area contributed by atoms with Crippen LogP contribution < -0.4 is 0 Å². The predicted octanol–water partition coefficient (Wildman–Crippen LogP) is 2.03. The summed E-state index contributed by atoms with van der Waals surface area (Å²) < 4.78 is 25.0. The zero-order valence-corrected chi connectivity index (χ0v) is 15.2. The first-order valence-corrected chi connectivity index (χ1v) is 11.1. The van der Waals surface area contributed by atoms with Crippen LogP contribution in [0.3, 0.4) is 0 Å². The van der Waals surface area contributed by atoms with E-state index < -0.39 is 9.84 Å². The van der Waals surface area contributed by atoms with Gasteiger partial charge in [0.1, 0.15) is 5.82 Å². The Morgan fingerprint density at radius 1 is 1.33 bits per heavy atom. The van der Waals surface area contributed by atoms with Gasteiger partial charge in [-0.3, -0.25) is 0 Å². The molecule has 1 aromatic rings. The Morgan fingerprint density at radius 3 is 2.71 bits per heavy atom. The summed E-state index contributed by atoms with van der Waals surface area (Å²) in [5.74, 6) is 3.85. The molecule has 2 heterocycles. The lowest BCUT2D eigenvalue weighted by atomic mass is 10.1. The van der Waals surface area contributed by atoms with Crippen LogP contribution in [-0.4, -0.2) is 51.4 Å². The van der Waals surface area contributed by atoms with Gasteiger partial charge in [0.25, 0.3) is 0 Å². The van der Waals surface area contributed by atoms with Crippen molar-refractivity contribution in [3.63, 3.8) is 0 Å².